The van der Waals surface area contributed by atoms with Gasteiger partial charge in [-0.1, -0.05) is 146 Å². The van der Waals surface area contributed by atoms with Crippen LogP contribution in [0.5, 0.6) is 69.0 Å². The summed E-state index contributed by atoms with van der Waals surface area (Å²) in [5.41, 5.74) is 19.2. The van der Waals surface area contributed by atoms with Crippen molar-refractivity contribution < 1.29 is 56.8 Å². The van der Waals surface area contributed by atoms with Gasteiger partial charge in [0.05, 0.1) is 92.3 Å². The number of rotatable bonds is 6. The number of hydrogen-bond donors (Lipinski definition) is 0. The van der Waals surface area contributed by atoms with Crippen LogP contribution in [0.1, 0.15) is 100 Å². The summed E-state index contributed by atoms with van der Waals surface area (Å²) >= 11 is 0. The van der Waals surface area contributed by atoms with E-state index < -0.39 is 16.2 Å². The molecule has 0 saturated carbocycles. The van der Waals surface area contributed by atoms with Crippen LogP contribution in [0.4, 0.5) is 0 Å². The second-order valence-electron chi connectivity index (χ2n) is 26.1. The third-order valence-corrected chi connectivity index (χ3v) is 21.8. The Hall–Kier alpha value is -11.8. The van der Waals surface area contributed by atoms with Crippen LogP contribution in [0, 0.1) is 0 Å². The van der Waals surface area contributed by atoms with Crippen molar-refractivity contribution in [2.75, 3.05) is 42.7 Å². The lowest BCUT2D eigenvalue weighted by molar-refractivity contribution is 0.255. The van der Waals surface area contributed by atoms with Crippen LogP contribution in [0.2, 0.25) is 0 Å². The third kappa shape index (κ3) is 7.85. The molecule has 21 rings (SSSR count). The minimum absolute atomic E-state index is 0.0289. The van der Waals surface area contributed by atoms with Gasteiger partial charge in [-0.3, -0.25) is 0 Å². The predicted octanol–water partition coefficient (Wildman–Crippen LogP) is 17.6. The number of hydrogen-bond acceptors (Lipinski definition) is 12. The first-order valence-corrected chi connectivity index (χ1v) is 33.4. The molecule has 9 aliphatic rings. The van der Waals surface area contributed by atoms with Gasteiger partial charge in [-0.25, -0.2) is 0 Å². The zero-order chi connectivity index (χ0) is 66.5. The van der Waals surface area contributed by atoms with Crippen molar-refractivity contribution in [3.05, 3.63) is 319 Å². The molecule has 12 heteroatoms. The van der Waals surface area contributed by atoms with E-state index in [1.807, 2.05) is 36.4 Å². The molecule has 12 nitrogen and oxygen atoms in total. The summed E-state index contributed by atoms with van der Waals surface area (Å²) in [4.78, 5) is 0. The molecule has 12 aromatic carbocycles. The van der Waals surface area contributed by atoms with Gasteiger partial charge >= 0.3 is 0 Å². The highest BCUT2D eigenvalue weighted by molar-refractivity contribution is 6.09. The van der Waals surface area contributed by atoms with Gasteiger partial charge in [-0.2, -0.15) is 0 Å². The van der Waals surface area contributed by atoms with E-state index in [4.69, 9.17) is 56.8 Å². The maximum atomic E-state index is 7.33. The van der Waals surface area contributed by atoms with E-state index in [9.17, 15) is 0 Å². The molecule has 0 N–H and O–H groups in total. The Bertz CT molecular complexity index is 4600. The predicted molar refractivity (Wildman–Crippen MR) is 377 cm³/mol. The smallest absolute Gasteiger partial charge is 0.139 e. The molecule has 0 spiro atoms. The highest BCUT2D eigenvalue weighted by Crippen LogP contribution is 2.73. The van der Waals surface area contributed by atoms with Gasteiger partial charge in [0.1, 0.15) is 109 Å². The molecule has 27 bridgehead atoms. The summed E-state index contributed by atoms with van der Waals surface area (Å²) < 4.78 is 83.4. The lowest BCUT2D eigenvalue weighted by atomic mass is 9.61. The van der Waals surface area contributed by atoms with Crippen molar-refractivity contribution >= 4 is 0 Å². The molecule has 0 amide bonds. The minimum atomic E-state index is -1.18. The van der Waals surface area contributed by atoms with Gasteiger partial charge in [0, 0.05) is 0 Å². The highest BCUT2D eigenvalue weighted by atomic mass is 16.5. The Morgan fingerprint density at radius 1 is 0.232 bits per heavy atom. The molecular weight excluding hydrogens is 1240 g/mol. The monoisotopic (exact) mass is 1300 g/mol. The first-order valence-electron chi connectivity index (χ1n) is 33.4. The second kappa shape index (κ2) is 22.1. The number of ether oxygens (including phenoxy) is 12. The van der Waals surface area contributed by atoms with Crippen LogP contribution < -0.4 is 56.8 Å². The summed E-state index contributed by atoms with van der Waals surface area (Å²) in [5, 5.41) is 0. The SMILES string of the molecule is COc1c2c(OC)c3c(OC)c1COc1cccc(c1)C14c5cccc(c5)OCc5c(OC)c6c(OC)c(c5OC)COc5cccc(c5)C5(c7cccc(c7)OC3)c3ccccc3-c3c1c(c1c(c35)-c3ccccc3C1(c1cccc(c1)OC2)c1cccc(c1)OC6)-c1ccccc14. The minimum Gasteiger partial charge on any atom is -0.496 e. The molecule has 0 radical (unpaired) electrons. The maximum absolute atomic E-state index is 7.33. The van der Waals surface area contributed by atoms with Crippen LogP contribution in [-0.2, 0) is 55.9 Å². The fourth-order valence-corrected chi connectivity index (χ4v) is 18.3. The van der Waals surface area contributed by atoms with Gasteiger partial charge in [0.2, 0.25) is 0 Å². The van der Waals surface area contributed by atoms with E-state index in [0.717, 1.165) is 100 Å². The molecule has 0 atom stereocenters. The molecule has 12 aromatic rings. The molecule has 0 saturated heterocycles. The zero-order valence-electron chi connectivity index (χ0n) is 55.4. The Morgan fingerprint density at radius 2 is 0.424 bits per heavy atom. The molecule has 0 fully saturated rings. The summed E-state index contributed by atoms with van der Waals surface area (Å²) in [6, 6.07) is 79.3. The summed E-state index contributed by atoms with van der Waals surface area (Å²) in [7, 11) is 10.0. The number of methoxy groups -OCH3 is 6. The lowest BCUT2D eigenvalue weighted by Gasteiger charge is -2.40. The molecule has 99 heavy (non-hydrogen) atoms. The van der Waals surface area contributed by atoms with Gasteiger partial charge in [0.15, 0.2) is 0 Å². The molecule has 6 aliphatic heterocycles. The first-order chi connectivity index (χ1) is 48.8. The quantitative estimate of drug-likeness (QED) is 0.158. The van der Waals surface area contributed by atoms with Crippen LogP contribution >= 0.6 is 0 Å². The zero-order valence-corrected chi connectivity index (χ0v) is 55.4. The molecule has 6 heterocycles. The van der Waals surface area contributed by atoms with E-state index in [-0.39, 0.29) is 39.6 Å². The van der Waals surface area contributed by atoms with Crippen molar-refractivity contribution in [2.24, 2.45) is 0 Å². The average Bonchev–Trinajstić information content (AvgIpc) is 1.47. The number of benzene rings is 12. The summed E-state index contributed by atoms with van der Waals surface area (Å²) in [6.07, 6.45) is 0. The maximum Gasteiger partial charge on any atom is 0.139 e. The summed E-state index contributed by atoms with van der Waals surface area (Å²) in [6.45, 7) is 0.173. The van der Waals surface area contributed by atoms with Crippen molar-refractivity contribution in [3.63, 3.8) is 0 Å². The molecule has 0 unspecified atom stereocenters. The third-order valence-electron chi connectivity index (χ3n) is 21.8. The van der Waals surface area contributed by atoms with E-state index >= 15 is 0 Å². The average molecular weight is 1300 g/mol. The number of fused-ring (bicyclic) bond motifs is 9. The first kappa shape index (κ1) is 58.6. The normalized spacial score (nSPS) is 18.4. The molecule has 486 valence electrons. The van der Waals surface area contributed by atoms with Crippen molar-refractivity contribution in [3.8, 4) is 102 Å². The van der Waals surface area contributed by atoms with E-state index in [0.29, 0.717) is 102 Å². The van der Waals surface area contributed by atoms with Crippen LogP contribution in [-0.4, -0.2) is 42.7 Å². The van der Waals surface area contributed by atoms with Gasteiger partial charge in [0.25, 0.3) is 0 Å². The molecule has 0 aromatic heterocycles. The van der Waals surface area contributed by atoms with Crippen LogP contribution in [0.25, 0.3) is 33.4 Å². The van der Waals surface area contributed by atoms with Gasteiger partial charge in [-0.05, 0) is 173 Å². The Balaban J connectivity index is 1.12. The van der Waals surface area contributed by atoms with E-state index in [1.54, 1.807) is 42.7 Å². The van der Waals surface area contributed by atoms with E-state index in [1.165, 1.54) is 0 Å². The standard InChI is InChI=1S/C87H66O12/c1-88-79-64-43-94-55-25-13-19-49(37-55)85-52-22-16-28-58(40-52)97-46-67-82(91-4)68-47-98-59-29-17-23-53(41-59)86-50-20-14-26-56(38-50)95-44-65(79)81(90-3)66(80(64)89-2)45-96-57-27-15-21-51(39-57)87(54-24-18-30-60(42-54)99-48-69(83(67)92-5)84(68)93-6)72-36-12-9-33-63(72)75-77(85)73(61-31-7-10-34-70(61)85)76(86)74(78(75)87)62-32-8-11-35-71(62)86/h7-42H,43-48H2,1-6H3. The second-order valence-corrected chi connectivity index (χ2v) is 26.1. The Labute approximate surface area is 573 Å². The molecular formula is C87H66O12. The van der Waals surface area contributed by atoms with E-state index in [2.05, 4.69) is 182 Å². The summed E-state index contributed by atoms with van der Waals surface area (Å²) in [5.74, 6) is 6.68. The van der Waals surface area contributed by atoms with Gasteiger partial charge < -0.3 is 56.8 Å². The van der Waals surface area contributed by atoms with Crippen LogP contribution in [0.15, 0.2) is 218 Å². The topological polar surface area (TPSA) is 111 Å². The molecule has 3 aliphatic carbocycles. The Morgan fingerprint density at radius 3 is 0.616 bits per heavy atom. The van der Waals surface area contributed by atoms with Crippen molar-refractivity contribution in [1.29, 1.82) is 0 Å². The van der Waals surface area contributed by atoms with Crippen molar-refractivity contribution in [1.82, 2.24) is 0 Å². The largest absolute Gasteiger partial charge is 0.496 e. The van der Waals surface area contributed by atoms with Gasteiger partial charge in [-0.15, -0.1) is 0 Å². The van der Waals surface area contributed by atoms with Crippen molar-refractivity contribution in [2.45, 2.75) is 55.9 Å². The fourth-order valence-electron chi connectivity index (χ4n) is 18.3. The fraction of sp³-hybridized carbons (Fsp3) is 0.172. The Kier molecular flexibility index (Phi) is 13.1. The van der Waals surface area contributed by atoms with Crippen LogP contribution in [0.3, 0.4) is 0 Å². The highest BCUT2D eigenvalue weighted by Gasteiger charge is 2.61. The lowest BCUT2D eigenvalue weighted by Crippen LogP contribution is -2.33.